The third-order valence-electron chi connectivity index (χ3n) is 2.37. The Labute approximate surface area is 94.6 Å². The van der Waals surface area contributed by atoms with Gasteiger partial charge in [-0.3, -0.25) is 4.79 Å². The number of ketones is 1. The first kappa shape index (κ1) is 10.4. The number of nitrogens with one attached hydrogen (secondary N) is 1. The number of hydrogen-bond acceptors (Lipinski definition) is 1. The fourth-order valence-corrected chi connectivity index (χ4v) is 1.42. The van der Waals surface area contributed by atoms with Crippen molar-refractivity contribution in [2.24, 2.45) is 0 Å². The summed E-state index contributed by atoms with van der Waals surface area (Å²) in [6.07, 6.45) is 5.14. The number of aromatic nitrogens is 1. The summed E-state index contributed by atoms with van der Waals surface area (Å²) in [5.41, 5.74) is 2.86. The van der Waals surface area contributed by atoms with E-state index in [1.165, 1.54) is 5.56 Å². The van der Waals surface area contributed by atoms with Gasteiger partial charge >= 0.3 is 0 Å². The van der Waals surface area contributed by atoms with Gasteiger partial charge in [0.15, 0.2) is 0 Å². The van der Waals surface area contributed by atoms with Gasteiger partial charge in [-0.15, -0.1) is 0 Å². The van der Waals surface area contributed by atoms with Crippen LogP contribution in [0, 0.1) is 6.92 Å². The number of carbonyl (C=O) groups excluding carboxylic acids is 1. The Morgan fingerprint density at radius 1 is 1.19 bits per heavy atom. The molecule has 2 heteroatoms. The molecule has 0 radical (unpaired) electrons. The van der Waals surface area contributed by atoms with E-state index in [9.17, 15) is 4.79 Å². The summed E-state index contributed by atoms with van der Waals surface area (Å²) < 4.78 is 0. The zero-order valence-corrected chi connectivity index (χ0v) is 9.10. The lowest BCUT2D eigenvalue weighted by Crippen LogP contribution is -1.93. The van der Waals surface area contributed by atoms with Gasteiger partial charge in [-0.2, -0.15) is 0 Å². The van der Waals surface area contributed by atoms with Gasteiger partial charge in [-0.05, 0) is 30.7 Å². The van der Waals surface area contributed by atoms with Crippen molar-refractivity contribution in [2.75, 3.05) is 0 Å². The number of aryl methyl sites for hydroxylation is 1. The van der Waals surface area contributed by atoms with Crippen LogP contribution < -0.4 is 0 Å². The molecule has 1 heterocycles. The molecule has 0 saturated heterocycles. The summed E-state index contributed by atoms with van der Waals surface area (Å²) in [6, 6.07) is 11.6. The highest BCUT2D eigenvalue weighted by Gasteiger charge is 2.00. The number of aromatic amines is 1. The van der Waals surface area contributed by atoms with Crippen LogP contribution >= 0.6 is 0 Å². The third-order valence-corrected chi connectivity index (χ3v) is 2.37. The molecule has 2 nitrogen and oxygen atoms in total. The normalized spacial score (nSPS) is 10.8. The number of allylic oxidation sites excluding steroid dienone is 1. The van der Waals surface area contributed by atoms with Crippen LogP contribution in [0.5, 0.6) is 0 Å². The molecule has 80 valence electrons. The van der Waals surface area contributed by atoms with E-state index in [1.54, 1.807) is 18.3 Å². The van der Waals surface area contributed by atoms with Crippen molar-refractivity contribution in [3.05, 3.63) is 65.5 Å². The fourth-order valence-electron chi connectivity index (χ4n) is 1.42. The van der Waals surface area contributed by atoms with Crippen molar-refractivity contribution in [2.45, 2.75) is 6.92 Å². The van der Waals surface area contributed by atoms with Crippen molar-refractivity contribution in [1.82, 2.24) is 4.98 Å². The van der Waals surface area contributed by atoms with Crippen LogP contribution in [0.2, 0.25) is 0 Å². The molecule has 0 aliphatic carbocycles. The van der Waals surface area contributed by atoms with E-state index < -0.39 is 0 Å². The fraction of sp³-hybridized carbons (Fsp3) is 0.0714. The molecule has 0 fully saturated rings. The minimum Gasteiger partial charge on any atom is -0.359 e. The third kappa shape index (κ3) is 2.48. The second-order valence-electron chi connectivity index (χ2n) is 3.69. The molecule has 0 amide bonds. The zero-order chi connectivity index (χ0) is 11.4. The van der Waals surface area contributed by atoms with Crippen molar-refractivity contribution in [3.63, 3.8) is 0 Å². The van der Waals surface area contributed by atoms with Crippen molar-refractivity contribution >= 4 is 11.9 Å². The maximum absolute atomic E-state index is 11.6. The highest BCUT2D eigenvalue weighted by Crippen LogP contribution is 2.06. The highest BCUT2D eigenvalue weighted by atomic mass is 16.1. The molecule has 0 spiro atoms. The lowest BCUT2D eigenvalue weighted by molar-refractivity contribution is 0.104. The minimum atomic E-state index is -0.00873. The first-order valence-corrected chi connectivity index (χ1v) is 5.18. The smallest absolute Gasteiger partial charge is 0.201 e. The molecule has 0 saturated carbocycles. The van der Waals surface area contributed by atoms with E-state index >= 15 is 0 Å². The van der Waals surface area contributed by atoms with E-state index in [-0.39, 0.29) is 5.78 Å². The van der Waals surface area contributed by atoms with E-state index in [0.717, 1.165) is 5.56 Å². The van der Waals surface area contributed by atoms with Crippen LogP contribution in [0.3, 0.4) is 0 Å². The van der Waals surface area contributed by atoms with Gasteiger partial charge in [0.1, 0.15) is 0 Å². The first-order chi connectivity index (χ1) is 7.75. The Kier molecular flexibility index (Phi) is 3.01. The molecule has 1 N–H and O–H groups in total. The quantitative estimate of drug-likeness (QED) is 0.613. The molecule has 0 bridgehead atoms. The second-order valence-corrected chi connectivity index (χ2v) is 3.69. The molecule has 16 heavy (non-hydrogen) atoms. The standard InChI is InChI=1S/C14H13NO/c1-11-4-6-12(7-5-11)8-9-14(16)13-3-2-10-15-13/h2-10,15H,1H3/b9-8+. The monoisotopic (exact) mass is 211 g/mol. The molecular formula is C14H13NO. The molecule has 1 aromatic heterocycles. The van der Waals surface area contributed by atoms with E-state index in [2.05, 4.69) is 4.98 Å². The largest absolute Gasteiger partial charge is 0.359 e. The predicted octanol–water partition coefficient (Wildman–Crippen LogP) is 3.22. The number of benzene rings is 1. The minimum absolute atomic E-state index is 0.00873. The van der Waals surface area contributed by atoms with Crippen LogP contribution in [0.4, 0.5) is 0 Å². The molecule has 1 aromatic carbocycles. The van der Waals surface area contributed by atoms with Gasteiger partial charge < -0.3 is 4.98 Å². The number of carbonyl (C=O) groups is 1. The molecule has 0 aliphatic heterocycles. The SMILES string of the molecule is Cc1ccc(/C=C/C(=O)c2ccc[nH]2)cc1. The van der Waals surface area contributed by atoms with Gasteiger partial charge in [0.05, 0.1) is 5.69 Å². The lowest BCUT2D eigenvalue weighted by atomic mass is 10.1. The van der Waals surface area contributed by atoms with Crippen LogP contribution in [-0.2, 0) is 0 Å². The number of hydrogen-bond donors (Lipinski definition) is 1. The maximum atomic E-state index is 11.6. The topological polar surface area (TPSA) is 32.9 Å². The molecule has 2 rings (SSSR count). The van der Waals surface area contributed by atoms with Crippen molar-refractivity contribution < 1.29 is 4.79 Å². The Bertz CT molecular complexity index is 492. The maximum Gasteiger partial charge on any atom is 0.201 e. The highest BCUT2D eigenvalue weighted by molar-refractivity contribution is 6.05. The lowest BCUT2D eigenvalue weighted by Gasteiger charge is -1.94. The number of rotatable bonds is 3. The predicted molar refractivity (Wildman–Crippen MR) is 65.3 cm³/mol. The summed E-state index contributed by atoms with van der Waals surface area (Å²) >= 11 is 0. The van der Waals surface area contributed by atoms with Crippen LogP contribution in [-0.4, -0.2) is 10.8 Å². The Hall–Kier alpha value is -2.09. The summed E-state index contributed by atoms with van der Waals surface area (Å²) in [7, 11) is 0. The summed E-state index contributed by atoms with van der Waals surface area (Å²) in [4.78, 5) is 14.5. The second kappa shape index (κ2) is 4.62. The Morgan fingerprint density at radius 3 is 2.56 bits per heavy atom. The average molecular weight is 211 g/mol. The summed E-state index contributed by atoms with van der Waals surface area (Å²) in [5, 5.41) is 0. The van der Waals surface area contributed by atoms with Crippen molar-refractivity contribution in [1.29, 1.82) is 0 Å². The van der Waals surface area contributed by atoms with Gasteiger partial charge in [0.2, 0.25) is 5.78 Å². The molecular weight excluding hydrogens is 198 g/mol. The summed E-state index contributed by atoms with van der Waals surface area (Å²) in [6.45, 7) is 2.04. The number of H-pyrrole nitrogens is 1. The van der Waals surface area contributed by atoms with E-state index in [1.807, 2.05) is 43.3 Å². The van der Waals surface area contributed by atoms with E-state index in [4.69, 9.17) is 0 Å². The van der Waals surface area contributed by atoms with Gasteiger partial charge in [-0.1, -0.05) is 35.9 Å². The molecule has 0 unspecified atom stereocenters. The zero-order valence-electron chi connectivity index (χ0n) is 9.10. The van der Waals surface area contributed by atoms with Crippen molar-refractivity contribution in [3.8, 4) is 0 Å². The van der Waals surface area contributed by atoms with Crippen LogP contribution in [0.1, 0.15) is 21.6 Å². The molecule has 0 atom stereocenters. The van der Waals surface area contributed by atoms with Crippen LogP contribution in [0.15, 0.2) is 48.7 Å². The first-order valence-electron chi connectivity index (χ1n) is 5.18. The van der Waals surface area contributed by atoms with Gasteiger partial charge in [-0.25, -0.2) is 0 Å². The van der Waals surface area contributed by atoms with E-state index in [0.29, 0.717) is 5.69 Å². The Morgan fingerprint density at radius 2 is 1.94 bits per heavy atom. The molecule has 0 aliphatic rings. The Balaban J connectivity index is 2.10. The molecule has 2 aromatic rings. The average Bonchev–Trinajstić information content (AvgIpc) is 2.81. The van der Waals surface area contributed by atoms with Crippen LogP contribution in [0.25, 0.3) is 6.08 Å². The summed E-state index contributed by atoms with van der Waals surface area (Å²) in [5.74, 6) is -0.00873. The van der Waals surface area contributed by atoms with Gasteiger partial charge in [0.25, 0.3) is 0 Å². The van der Waals surface area contributed by atoms with Gasteiger partial charge in [0, 0.05) is 6.20 Å².